The SMILES string of the molecule is CCCCCCC1(CCCCCC)c2cc(B3CCCCC3)ccc2-c2ccc(B3CCCCC3)cc21. The lowest BCUT2D eigenvalue weighted by Crippen LogP contribution is -2.35. The topological polar surface area (TPSA) is 0 Å². The van der Waals surface area contributed by atoms with Gasteiger partial charge in [0, 0.05) is 5.41 Å². The molecule has 0 atom stereocenters. The average Bonchev–Trinajstić information content (AvgIpc) is 3.23. The van der Waals surface area contributed by atoms with Crippen molar-refractivity contribution in [3.05, 3.63) is 47.5 Å². The van der Waals surface area contributed by atoms with Gasteiger partial charge < -0.3 is 0 Å². The third-order valence-corrected chi connectivity index (χ3v) is 10.5. The summed E-state index contributed by atoms with van der Waals surface area (Å²) in [6.45, 7) is 6.29. The van der Waals surface area contributed by atoms with Crippen molar-refractivity contribution >= 4 is 24.4 Å². The standard InChI is InChI=1S/C35H52B2/c1-3-5-7-11-21-35(22-12-8-6-4-2)33-27-29(36-23-13-9-14-24-36)17-19-31(33)32-20-18-30(28-34(32)35)37-25-15-10-16-26-37/h17-20,27-28H,3-16,21-26H2,1-2H3. The van der Waals surface area contributed by atoms with E-state index in [-0.39, 0.29) is 5.41 Å². The van der Waals surface area contributed by atoms with E-state index >= 15 is 0 Å². The van der Waals surface area contributed by atoms with Crippen LogP contribution in [-0.2, 0) is 5.41 Å². The van der Waals surface area contributed by atoms with E-state index in [1.807, 2.05) is 0 Å². The molecule has 5 rings (SSSR count). The molecule has 1 aliphatic carbocycles. The molecule has 0 nitrogen and oxygen atoms in total. The van der Waals surface area contributed by atoms with Gasteiger partial charge in [-0.05, 0) is 35.1 Å². The van der Waals surface area contributed by atoms with E-state index in [4.69, 9.17) is 0 Å². The summed E-state index contributed by atoms with van der Waals surface area (Å²) < 4.78 is 0. The highest BCUT2D eigenvalue weighted by Crippen LogP contribution is 2.54. The molecule has 2 fully saturated rings. The lowest BCUT2D eigenvalue weighted by Gasteiger charge is -2.34. The first-order chi connectivity index (χ1) is 18.3. The second kappa shape index (κ2) is 13.1. The fourth-order valence-electron chi connectivity index (χ4n) is 8.28. The van der Waals surface area contributed by atoms with Gasteiger partial charge in [0.05, 0.1) is 0 Å². The first-order valence-corrected chi connectivity index (χ1v) is 16.6. The first-order valence-electron chi connectivity index (χ1n) is 16.6. The Labute approximate surface area is 230 Å². The van der Waals surface area contributed by atoms with E-state index in [0.29, 0.717) is 0 Å². The largest absolute Gasteiger partial charge is 0.175 e. The molecule has 2 aliphatic heterocycles. The highest BCUT2D eigenvalue weighted by molar-refractivity contribution is 6.73. The molecule has 0 radical (unpaired) electrons. The minimum atomic E-state index is 0.238. The molecule has 0 aromatic heterocycles. The summed E-state index contributed by atoms with van der Waals surface area (Å²) in [5, 5.41) is 0. The van der Waals surface area contributed by atoms with Crippen LogP contribution in [0.15, 0.2) is 36.4 Å². The maximum atomic E-state index is 2.74. The van der Waals surface area contributed by atoms with Crippen LogP contribution in [0.3, 0.4) is 0 Å². The zero-order chi connectivity index (χ0) is 25.5. The fourth-order valence-corrected chi connectivity index (χ4v) is 8.28. The van der Waals surface area contributed by atoms with E-state index < -0.39 is 0 Å². The molecule has 0 bridgehead atoms. The zero-order valence-electron chi connectivity index (χ0n) is 24.3. The Hall–Kier alpha value is -1.43. The van der Waals surface area contributed by atoms with Crippen LogP contribution in [-0.4, -0.2) is 13.4 Å². The van der Waals surface area contributed by atoms with Crippen molar-refractivity contribution in [1.29, 1.82) is 0 Å². The zero-order valence-corrected chi connectivity index (χ0v) is 24.3. The van der Waals surface area contributed by atoms with E-state index in [2.05, 4.69) is 50.2 Å². The van der Waals surface area contributed by atoms with E-state index in [1.165, 1.54) is 128 Å². The van der Waals surface area contributed by atoms with Gasteiger partial charge in [0.15, 0.2) is 13.4 Å². The third kappa shape index (κ3) is 5.94. The molecule has 37 heavy (non-hydrogen) atoms. The molecule has 2 saturated heterocycles. The summed E-state index contributed by atoms with van der Waals surface area (Å²) in [5.74, 6) is 0. The number of benzene rings is 2. The quantitative estimate of drug-likeness (QED) is 0.204. The van der Waals surface area contributed by atoms with E-state index in [0.717, 1.165) is 13.4 Å². The van der Waals surface area contributed by atoms with Crippen molar-refractivity contribution in [2.75, 3.05) is 0 Å². The number of hydrogen-bond donors (Lipinski definition) is 0. The predicted molar refractivity (Wildman–Crippen MR) is 168 cm³/mol. The molecule has 0 amide bonds. The number of unbranched alkanes of at least 4 members (excludes halogenated alkanes) is 6. The Morgan fingerprint density at radius 2 is 0.973 bits per heavy atom. The van der Waals surface area contributed by atoms with Gasteiger partial charge in [0.25, 0.3) is 0 Å². The Morgan fingerprint density at radius 3 is 1.38 bits per heavy atom. The average molecular weight is 494 g/mol. The Morgan fingerprint density at radius 1 is 0.541 bits per heavy atom. The first kappa shape index (κ1) is 27.1. The van der Waals surface area contributed by atoms with Gasteiger partial charge >= 0.3 is 0 Å². The number of fused-ring (bicyclic) bond motifs is 3. The molecule has 2 aromatic rings. The van der Waals surface area contributed by atoms with Crippen molar-refractivity contribution in [1.82, 2.24) is 0 Å². The van der Waals surface area contributed by atoms with Crippen molar-refractivity contribution in [3.8, 4) is 11.1 Å². The van der Waals surface area contributed by atoms with Crippen molar-refractivity contribution in [3.63, 3.8) is 0 Å². The van der Waals surface area contributed by atoms with Gasteiger partial charge in [0.2, 0.25) is 0 Å². The van der Waals surface area contributed by atoms with E-state index in [1.54, 1.807) is 33.2 Å². The van der Waals surface area contributed by atoms with Gasteiger partial charge in [-0.25, -0.2) is 0 Å². The second-order valence-corrected chi connectivity index (χ2v) is 13.0. The molecule has 2 heterocycles. The minimum absolute atomic E-state index is 0.238. The van der Waals surface area contributed by atoms with Crippen molar-refractivity contribution < 1.29 is 0 Å². The maximum Gasteiger partial charge on any atom is 0.175 e. The lowest BCUT2D eigenvalue weighted by atomic mass is 9.37. The third-order valence-electron chi connectivity index (χ3n) is 10.5. The summed E-state index contributed by atoms with van der Waals surface area (Å²) in [6.07, 6.45) is 27.8. The van der Waals surface area contributed by atoms with Crippen molar-refractivity contribution in [2.45, 2.75) is 147 Å². The van der Waals surface area contributed by atoms with E-state index in [9.17, 15) is 0 Å². The molecule has 0 N–H and O–H groups in total. The van der Waals surface area contributed by atoms with Crippen LogP contribution in [0.5, 0.6) is 0 Å². The van der Waals surface area contributed by atoms with Crippen LogP contribution in [0.4, 0.5) is 0 Å². The van der Waals surface area contributed by atoms with Gasteiger partial charge in [-0.2, -0.15) is 0 Å². The number of rotatable bonds is 12. The van der Waals surface area contributed by atoms with Crippen LogP contribution in [0, 0.1) is 0 Å². The molecule has 2 aromatic carbocycles. The molecular weight excluding hydrogens is 442 g/mol. The number of hydrogen-bond acceptors (Lipinski definition) is 0. The van der Waals surface area contributed by atoms with Gasteiger partial charge in [0.1, 0.15) is 0 Å². The van der Waals surface area contributed by atoms with Crippen LogP contribution in [0.25, 0.3) is 11.1 Å². The highest BCUT2D eigenvalue weighted by atomic mass is 14.4. The summed E-state index contributed by atoms with van der Waals surface area (Å²) in [5.41, 5.74) is 10.2. The molecule has 3 aliphatic rings. The fraction of sp³-hybridized carbons (Fsp3) is 0.657. The smallest absolute Gasteiger partial charge is 0.0797 e. The summed E-state index contributed by atoms with van der Waals surface area (Å²) in [4.78, 5) is 0. The van der Waals surface area contributed by atoms with Gasteiger partial charge in [-0.15, -0.1) is 0 Å². The van der Waals surface area contributed by atoms with Crippen LogP contribution in [0.1, 0.15) is 128 Å². The lowest BCUT2D eigenvalue weighted by molar-refractivity contribution is 0.401. The van der Waals surface area contributed by atoms with Crippen LogP contribution < -0.4 is 10.9 Å². The predicted octanol–water partition coefficient (Wildman–Crippen LogP) is 9.67. The molecule has 0 unspecified atom stereocenters. The van der Waals surface area contributed by atoms with Gasteiger partial charge in [-0.1, -0.05) is 176 Å². The van der Waals surface area contributed by atoms with Crippen molar-refractivity contribution in [2.24, 2.45) is 0 Å². The normalized spacial score (nSPS) is 18.6. The van der Waals surface area contributed by atoms with Gasteiger partial charge in [-0.3, -0.25) is 0 Å². The monoisotopic (exact) mass is 494 g/mol. The molecule has 0 spiro atoms. The Kier molecular flexibility index (Phi) is 9.60. The molecule has 2 heteroatoms. The summed E-state index contributed by atoms with van der Waals surface area (Å²) in [6, 6.07) is 15.6. The Bertz CT molecular complexity index is 915. The molecular formula is C35H52B2. The molecule has 198 valence electrons. The Balaban J connectivity index is 1.56. The minimum Gasteiger partial charge on any atom is -0.0797 e. The summed E-state index contributed by atoms with van der Waals surface area (Å²) >= 11 is 0. The second-order valence-electron chi connectivity index (χ2n) is 13.0. The highest BCUT2D eigenvalue weighted by Gasteiger charge is 2.43. The summed E-state index contributed by atoms with van der Waals surface area (Å²) in [7, 11) is 0. The maximum absolute atomic E-state index is 2.74. The van der Waals surface area contributed by atoms with Crippen LogP contribution >= 0.6 is 0 Å². The van der Waals surface area contributed by atoms with Crippen LogP contribution in [0.2, 0.25) is 25.3 Å². The molecule has 0 saturated carbocycles.